The third-order valence-corrected chi connectivity index (χ3v) is 4.82. The highest BCUT2D eigenvalue weighted by molar-refractivity contribution is 5.89. The Morgan fingerprint density at radius 3 is 2.50 bits per heavy atom. The van der Waals surface area contributed by atoms with Gasteiger partial charge in [-0.05, 0) is 54.8 Å². The molecule has 6 nitrogen and oxygen atoms in total. The molecule has 1 aromatic heterocycles. The van der Waals surface area contributed by atoms with Crippen LogP contribution in [0.2, 0.25) is 0 Å². The topological polar surface area (TPSA) is 72.4 Å². The Hall–Kier alpha value is -3.54. The smallest absolute Gasteiger partial charge is 0.319 e. The summed E-state index contributed by atoms with van der Waals surface area (Å²) >= 11 is 0. The van der Waals surface area contributed by atoms with Crippen molar-refractivity contribution in [3.63, 3.8) is 0 Å². The third-order valence-electron chi connectivity index (χ3n) is 4.82. The van der Waals surface area contributed by atoms with Crippen LogP contribution in [0.15, 0.2) is 66.9 Å². The molecule has 0 saturated carbocycles. The Morgan fingerprint density at radius 1 is 1.00 bits per heavy atom. The first kappa shape index (κ1) is 21.2. The van der Waals surface area contributed by atoms with Gasteiger partial charge in [-0.15, -0.1) is 0 Å². The van der Waals surface area contributed by atoms with E-state index >= 15 is 0 Å². The molecular formula is C24H27N3O3. The van der Waals surface area contributed by atoms with Gasteiger partial charge in [-0.25, -0.2) is 4.79 Å². The van der Waals surface area contributed by atoms with Crippen molar-refractivity contribution in [2.75, 3.05) is 11.9 Å². The Labute approximate surface area is 176 Å². The van der Waals surface area contributed by atoms with Crippen LogP contribution in [0.3, 0.4) is 0 Å². The Kier molecular flexibility index (Phi) is 7.27. The fourth-order valence-electron chi connectivity index (χ4n) is 3.17. The highest BCUT2D eigenvalue weighted by Crippen LogP contribution is 2.13. The van der Waals surface area contributed by atoms with Crippen LogP contribution < -0.4 is 10.6 Å². The van der Waals surface area contributed by atoms with E-state index < -0.39 is 0 Å². The number of ether oxygens (including phenoxy) is 1. The molecule has 6 heteroatoms. The van der Waals surface area contributed by atoms with Gasteiger partial charge in [-0.1, -0.05) is 36.4 Å². The number of urea groups is 1. The van der Waals surface area contributed by atoms with Crippen molar-refractivity contribution >= 4 is 17.7 Å². The van der Waals surface area contributed by atoms with Gasteiger partial charge < -0.3 is 19.9 Å². The van der Waals surface area contributed by atoms with Crippen LogP contribution in [-0.2, 0) is 29.0 Å². The maximum atomic E-state index is 12.3. The lowest BCUT2D eigenvalue weighted by molar-refractivity contribution is -0.142. The number of benzene rings is 2. The van der Waals surface area contributed by atoms with E-state index in [0.717, 1.165) is 17.8 Å². The molecule has 0 bridgehead atoms. The third kappa shape index (κ3) is 5.98. The molecule has 2 aromatic carbocycles. The first-order valence-electron chi connectivity index (χ1n) is 10.0. The normalized spacial score (nSPS) is 10.5. The first-order chi connectivity index (χ1) is 14.5. The molecule has 0 aliphatic carbocycles. The summed E-state index contributed by atoms with van der Waals surface area (Å²) in [4.78, 5) is 23.8. The van der Waals surface area contributed by atoms with Gasteiger partial charge in [0.1, 0.15) is 0 Å². The maximum absolute atomic E-state index is 12.3. The van der Waals surface area contributed by atoms with E-state index in [1.807, 2.05) is 30.5 Å². The van der Waals surface area contributed by atoms with Gasteiger partial charge in [0.05, 0.1) is 19.6 Å². The Balaban J connectivity index is 1.51. The molecule has 0 atom stereocenters. The monoisotopic (exact) mass is 405 g/mol. The minimum atomic E-state index is -0.281. The number of esters is 1. The molecule has 0 saturated heterocycles. The zero-order valence-corrected chi connectivity index (χ0v) is 17.4. The van der Waals surface area contributed by atoms with Gasteiger partial charge in [0.2, 0.25) is 0 Å². The van der Waals surface area contributed by atoms with Crippen LogP contribution in [0.25, 0.3) is 0 Å². The van der Waals surface area contributed by atoms with E-state index in [2.05, 4.69) is 34.3 Å². The minimum absolute atomic E-state index is 0.220. The van der Waals surface area contributed by atoms with Gasteiger partial charge in [0, 0.05) is 24.1 Å². The van der Waals surface area contributed by atoms with Crippen molar-refractivity contribution in [3.8, 4) is 0 Å². The summed E-state index contributed by atoms with van der Waals surface area (Å²) in [7, 11) is 0. The van der Waals surface area contributed by atoms with Crippen LogP contribution in [0.4, 0.5) is 10.5 Å². The van der Waals surface area contributed by atoms with Gasteiger partial charge in [-0.2, -0.15) is 0 Å². The molecule has 156 valence electrons. The standard InChI is InChI=1S/C24H27N3O3/c1-3-30-23(28)15-19-10-12-21(13-11-19)26-24(29)25-16-22-9-6-14-27(22)17-20-8-5-4-7-18(20)2/h4-14H,3,15-17H2,1-2H3,(H2,25,26,29). The average molecular weight is 405 g/mol. The number of nitrogens with one attached hydrogen (secondary N) is 2. The molecule has 2 amide bonds. The zero-order chi connectivity index (χ0) is 21.3. The number of hydrogen-bond donors (Lipinski definition) is 2. The fraction of sp³-hybridized carbons (Fsp3) is 0.250. The van der Waals surface area contributed by atoms with E-state index in [0.29, 0.717) is 18.8 Å². The van der Waals surface area contributed by atoms with Crippen LogP contribution in [0.1, 0.15) is 29.3 Å². The number of amides is 2. The quantitative estimate of drug-likeness (QED) is 0.550. The molecule has 0 radical (unpaired) electrons. The summed E-state index contributed by atoms with van der Waals surface area (Å²) in [5.74, 6) is -0.260. The molecule has 30 heavy (non-hydrogen) atoms. The Bertz CT molecular complexity index is 993. The van der Waals surface area contributed by atoms with E-state index in [9.17, 15) is 9.59 Å². The van der Waals surface area contributed by atoms with E-state index in [4.69, 9.17) is 4.74 Å². The molecule has 1 heterocycles. The summed E-state index contributed by atoms with van der Waals surface area (Å²) in [6.07, 6.45) is 2.24. The predicted molar refractivity (Wildman–Crippen MR) is 117 cm³/mol. The number of carbonyl (C=O) groups is 2. The van der Waals surface area contributed by atoms with E-state index in [-0.39, 0.29) is 18.4 Å². The fourth-order valence-corrected chi connectivity index (χ4v) is 3.17. The number of carbonyl (C=O) groups excluding carboxylic acids is 2. The molecule has 3 aromatic rings. The average Bonchev–Trinajstić information content (AvgIpc) is 3.17. The number of aryl methyl sites for hydroxylation is 1. The summed E-state index contributed by atoms with van der Waals surface area (Å²) in [5.41, 5.74) is 5.03. The summed E-state index contributed by atoms with van der Waals surface area (Å²) in [6.45, 7) is 5.43. The Morgan fingerprint density at radius 2 is 1.77 bits per heavy atom. The highest BCUT2D eigenvalue weighted by Gasteiger charge is 2.08. The van der Waals surface area contributed by atoms with Crippen LogP contribution in [0.5, 0.6) is 0 Å². The maximum Gasteiger partial charge on any atom is 0.319 e. The zero-order valence-electron chi connectivity index (χ0n) is 17.4. The molecule has 0 aliphatic rings. The number of rotatable bonds is 8. The van der Waals surface area contributed by atoms with Gasteiger partial charge >= 0.3 is 12.0 Å². The van der Waals surface area contributed by atoms with Crippen molar-refractivity contribution in [2.45, 2.75) is 33.4 Å². The molecule has 0 unspecified atom stereocenters. The van der Waals surface area contributed by atoms with Crippen molar-refractivity contribution in [1.82, 2.24) is 9.88 Å². The SMILES string of the molecule is CCOC(=O)Cc1ccc(NC(=O)NCc2cccn2Cc2ccccc2C)cc1. The molecule has 0 aliphatic heterocycles. The lowest BCUT2D eigenvalue weighted by Gasteiger charge is -2.13. The second kappa shape index (κ2) is 10.3. The van der Waals surface area contributed by atoms with E-state index in [1.54, 1.807) is 31.2 Å². The van der Waals surface area contributed by atoms with Gasteiger partial charge in [0.15, 0.2) is 0 Å². The second-order valence-corrected chi connectivity index (χ2v) is 7.04. The molecular weight excluding hydrogens is 378 g/mol. The number of aromatic nitrogens is 1. The van der Waals surface area contributed by atoms with Crippen LogP contribution in [-0.4, -0.2) is 23.2 Å². The first-order valence-corrected chi connectivity index (χ1v) is 10.0. The second-order valence-electron chi connectivity index (χ2n) is 7.04. The van der Waals surface area contributed by atoms with Crippen molar-refractivity contribution < 1.29 is 14.3 Å². The largest absolute Gasteiger partial charge is 0.466 e. The van der Waals surface area contributed by atoms with Crippen LogP contribution in [0, 0.1) is 6.92 Å². The molecule has 0 spiro atoms. The summed E-state index contributed by atoms with van der Waals surface area (Å²) in [6, 6.07) is 19.1. The highest BCUT2D eigenvalue weighted by atomic mass is 16.5. The van der Waals surface area contributed by atoms with Crippen molar-refractivity contribution in [2.24, 2.45) is 0 Å². The summed E-state index contributed by atoms with van der Waals surface area (Å²) in [5, 5.41) is 5.71. The molecule has 2 N–H and O–H groups in total. The van der Waals surface area contributed by atoms with Gasteiger partial charge in [0.25, 0.3) is 0 Å². The number of anilines is 1. The van der Waals surface area contributed by atoms with Crippen molar-refractivity contribution in [1.29, 1.82) is 0 Å². The summed E-state index contributed by atoms with van der Waals surface area (Å²) < 4.78 is 7.07. The molecule has 3 rings (SSSR count). The van der Waals surface area contributed by atoms with Gasteiger partial charge in [-0.3, -0.25) is 4.79 Å². The van der Waals surface area contributed by atoms with Crippen LogP contribution >= 0.6 is 0 Å². The van der Waals surface area contributed by atoms with Crippen molar-refractivity contribution in [3.05, 3.63) is 89.2 Å². The van der Waals surface area contributed by atoms with E-state index in [1.165, 1.54) is 11.1 Å². The number of hydrogen-bond acceptors (Lipinski definition) is 3. The lowest BCUT2D eigenvalue weighted by Crippen LogP contribution is -2.29. The minimum Gasteiger partial charge on any atom is -0.466 e. The predicted octanol–water partition coefficient (Wildman–Crippen LogP) is 4.27. The number of nitrogens with zero attached hydrogens (tertiary/aromatic N) is 1. The molecule has 0 fully saturated rings. The lowest BCUT2D eigenvalue weighted by atomic mass is 10.1.